The van der Waals surface area contributed by atoms with Gasteiger partial charge >= 0.3 is 5.97 Å². The van der Waals surface area contributed by atoms with Gasteiger partial charge in [0, 0.05) is 21.9 Å². The Kier molecular flexibility index (Phi) is 3.24. The van der Waals surface area contributed by atoms with E-state index >= 15 is 0 Å². The molecular weight excluding hydrogens is 356 g/mol. The topological polar surface area (TPSA) is 52.1 Å². The molecule has 5 rings (SSSR count). The van der Waals surface area contributed by atoms with E-state index in [1.165, 1.54) is 29.5 Å². The Morgan fingerprint density at radius 3 is 2.84 bits per heavy atom. The van der Waals surface area contributed by atoms with E-state index in [1.54, 1.807) is 23.5 Å². The Morgan fingerprint density at radius 2 is 2.08 bits per heavy atom. The third-order valence-electron chi connectivity index (χ3n) is 4.90. The molecule has 2 heterocycles. The molecular formula is C19H13ClN2O2S. The van der Waals surface area contributed by atoms with Crippen LogP contribution >= 0.6 is 22.9 Å². The van der Waals surface area contributed by atoms with Gasteiger partial charge in [-0.15, -0.1) is 11.3 Å². The lowest BCUT2D eigenvalue weighted by molar-refractivity contribution is 0.0601. The maximum absolute atomic E-state index is 11.6. The molecule has 1 aromatic carbocycles. The summed E-state index contributed by atoms with van der Waals surface area (Å²) in [5.74, 6) is 0.793. The van der Waals surface area contributed by atoms with Crippen LogP contribution in [-0.2, 0) is 4.74 Å². The van der Waals surface area contributed by atoms with Crippen molar-refractivity contribution in [1.29, 1.82) is 0 Å². The van der Waals surface area contributed by atoms with E-state index in [1.807, 2.05) is 12.1 Å². The first kappa shape index (κ1) is 15.0. The van der Waals surface area contributed by atoms with Crippen molar-refractivity contribution >= 4 is 44.7 Å². The highest BCUT2D eigenvalue weighted by Crippen LogP contribution is 2.59. The number of rotatable bonds is 2. The summed E-state index contributed by atoms with van der Waals surface area (Å²) in [6.45, 7) is 0. The summed E-state index contributed by atoms with van der Waals surface area (Å²) in [6, 6.07) is 7.05. The van der Waals surface area contributed by atoms with Gasteiger partial charge in [-0.05, 0) is 30.5 Å². The summed E-state index contributed by atoms with van der Waals surface area (Å²) in [7, 11) is 1.37. The van der Waals surface area contributed by atoms with E-state index < -0.39 is 0 Å². The minimum Gasteiger partial charge on any atom is -0.465 e. The fourth-order valence-electron chi connectivity index (χ4n) is 3.68. The highest BCUT2D eigenvalue weighted by atomic mass is 35.5. The van der Waals surface area contributed by atoms with Crippen molar-refractivity contribution in [2.45, 2.75) is 18.8 Å². The van der Waals surface area contributed by atoms with Crippen LogP contribution in [0.4, 0.5) is 0 Å². The number of hydrogen-bond donors (Lipinski definition) is 0. The standard InChI is InChI=1S/C19H13ClN2O2S/c1-24-19(23)10-7-5-9(6-8-10)17-21-16(20)14-13-11-3-2-4-12(11)15(13)25-18(14)22-17/h3,5-8,12H,2,4H2,1H3. The quantitative estimate of drug-likeness (QED) is 0.468. The first-order valence-corrected chi connectivity index (χ1v) is 9.26. The minimum absolute atomic E-state index is 0.362. The number of esters is 1. The number of carbonyl (C=O) groups excluding carboxylic acids is 1. The molecule has 25 heavy (non-hydrogen) atoms. The van der Waals surface area contributed by atoms with Crippen LogP contribution in [0.1, 0.15) is 39.6 Å². The number of methoxy groups -OCH3 is 1. The molecule has 3 aromatic rings. The molecule has 6 heteroatoms. The van der Waals surface area contributed by atoms with Crippen LogP contribution in [0, 0.1) is 0 Å². The Balaban J connectivity index is 1.61. The zero-order valence-corrected chi connectivity index (χ0v) is 14.9. The zero-order valence-electron chi connectivity index (χ0n) is 13.4. The SMILES string of the molecule is COC(=O)c1ccc(-c2nc(Cl)c3c4c(sc3n2)C2CCC=C42)cc1. The normalized spacial score (nSPS) is 17.7. The number of nitrogens with zero attached hydrogens (tertiary/aromatic N) is 2. The van der Waals surface area contributed by atoms with E-state index in [4.69, 9.17) is 21.3 Å². The molecule has 0 aliphatic heterocycles. The number of fused-ring (bicyclic) bond motifs is 6. The maximum atomic E-state index is 11.6. The molecule has 0 N–H and O–H groups in total. The monoisotopic (exact) mass is 368 g/mol. The second kappa shape index (κ2) is 5.38. The second-order valence-corrected chi connectivity index (χ2v) is 7.61. The molecule has 0 saturated carbocycles. The molecule has 1 unspecified atom stereocenters. The third kappa shape index (κ3) is 2.09. The predicted octanol–water partition coefficient (Wildman–Crippen LogP) is 5.07. The van der Waals surface area contributed by atoms with Crippen LogP contribution in [0.5, 0.6) is 0 Å². The van der Waals surface area contributed by atoms with Crippen LogP contribution in [0.3, 0.4) is 0 Å². The molecule has 124 valence electrons. The number of ether oxygens (including phenoxy) is 1. The number of allylic oxidation sites excluding steroid dienone is 2. The summed E-state index contributed by atoms with van der Waals surface area (Å²) >= 11 is 8.24. The van der Waals surface area contributed by atoms with E-state index in [0.717, 1.165) is 22.2 Å². The van der Waals surface area contributed by atoms with Crippen molar-refractivity contribution in [3.05, 3.63) is 51.5 Å². The molecule has 0 bridgehead atoms. The fraction of sp³-hybridized carbons (Fsp3) is 0.211. The number of carbonyl (C=O) groups is 1. The Morgan fingerprint density at radius 1 is 1.28 bits per heavy atom. The van der Waals surface area contributed by atoms with Gasteiger partial charge in [-0.3, -0.25) is 0 Å². The molecule has 0 fully saturated rings. The third-order valence-corrected chi connectivity index (χ3v) is 6.37. The van der Waals surface area contributed by atoms with Crippen molar-refractivity contribution in [2.24, 2.45) is 0 Å². The number of aromatic nitrogens is 2. The first-order valence-electron chi connectivity index (χ1n) is 8.06. The van der Waals surface area contributed by atoms with Gasteiger partial charge in [0.2, 0.25) is 0 Å². The molecule has 2 aromatic heterocycles. The fourth-order valence-corrected chi connectivity index (χ4v) is 5.36. The summed E-state index contributed by atoms with van der Waals surface area (Å²) in [5, 5.41) is 1.49. The van der Waals surface area contributed by atoms with E-state index in [0.29, 0.717) is 22.5 Å². The average Bonchev–Trinajstić information content (AvgIpc) is 3.18. The smallest absolute Gasteiger partial charge is 0.337 e. The molecule has 0 amide bonds. The van der Waals surface area contributed by atoms with Gasteiger partial charge < -0.3 is 4.74 Å². The van der Waals surface area contributed by atoms with Gasteiger partial charge in [0.15, 0.2) is 5.82 Å². The zero-order chi connectivity index (χ0) is 17.1. The van der Waals surface area contributed by atoms with Crippen molar-refractivity contribution in [1.82, 2.24) is 9.97 Å². The van der Waals surface area contributed by atoms with Crippen molar-refractivity contribution < 1.29 is 9.53 Å². The molecule has 0 spiro atoms. The number of hydrogen-bond acceptors (Lipinski definition) is 5. The molecule has 0 radical (unpaired) electrons. The van der Waals surface area contributed by atoms with Gasteiger partial charge in [0.25, 0.3) is 0 Å². The lowest BCUT2D eigenvalue weighted by atomic mass is 9.80. The van der Waals surface area contributed by atoms with E-state index in [-0.39, 0.29) is 5.97 Å². The Hall–Kier alpha value is -2.24. The van der Waals surface area contributed by atoms with Crippen molar-refractivity contribution in [3.8, 4) is 11.4 Å². The van der Waals surface area contributed by atoms with Crippen LogP contribution in [0.2, 0.25) is 5.15 Å². The van der Waals surface area contributed by atoms with E-state index in [9.17, 15) is 4.79 Å². The van der Waals surface area contributed by atoms with E-state index in [2.05, 4.69) is 11.1 Å². The molecule has 1 atom stereocenters. The van der Waals surface area contributed by atoms with Crippen LogP contribution < -0.4 is 0 Å². The Labute approximate surface area is 153 Å². The van der Waals surface area contributed by atoms with Crippen molar-refractivity contribution in [2.75, 3.05) is 7.11 Å². The number of halogens is 1. The largest absolute Gasteiger partial charge is 0.465 e. The molecule has 2 aliphatic carbocycles. The van der Waals surface area contributed by atoms with Gasteiger partial charge in [-0.25, -0.2) is 14.8 Å². The van der Waals surface area contributed by atoms with Crippen LogP contribution in [-0.4, -0.2) is 23.0 Å². The number of benzene rings is 1. The van der Waals surface area contributed by atoms with Crippen LogP contribution in [0.25, 0.3) is 27.2 Å². The molecule has 2 aliphatic rings. The minimum atomic E-state index is -0.362. The summed E-state index contributed by atoms with van der Waals surface area (Å²) < 4.78 is 4.72. The predicted molar refractivity (Wildman–Crippen MR) is 99.2 cm³/mol. The van der Waals surface area contributed by atoms with Gasteiger partial charge in [-0.1, -0.05) is 29.8 Å². The first-order chi connectivity index (χ1) is 12.2. The summed E-state index contributed by atoms with van der Waals surface area (Å²) in [4.78, 5) is 23.1. The summed E-state index contributed by atoms with van der Waals surface area (Å²) in [5.41, 5.74) is 4.01. The number of thiophene rings is 1. The summed E-state index contributed by atoms with van der Waals surface area (Å²) in [6.07, 6.45) is 4.66. The Bertz CT molecular complexity index is 1070. The van der Waals surface area contributed by atoms with Crippen molar-refractivity contribution in [3.63, 3.8) is 0 Å². The molecule has 0 saturated heterocycles. The van der Waals surface area contributed by atoms with Gasteiger partial charge in [0.1, 0.15) is 9.98 Å². The molecule has 4 nitrogen and oxygen atoms in total. The lowest BCUT2D eigenvalue weighted by Crippen LogP contribution is -2.08. The van der Waals surface area contributed by atoms with Crippen LogP contribution in [0.15, 0.2) is 30.3 Å². The highest BCUT2D eigenvalue weighted by Gasteiger charge is 2.39. The second-order valence-electron chi connectivity index (χ2n) is 6.22. The van der Waals surface area contributed by atoms with Gasteiger partial charge in [-0.2, -0.15) is 0 Å². The van der Waals surface area contributed by atoms with Gasteiger partial charge in [0.05, 0.1) is 18.1 Å². The highest BCUT2D eigenvalue weighted by molar-refractivity contribution is 7.19. The lowest BCUT2D eigenvalue weighted by Gasteiger charge is -2.25. The average molecular weight is 369 g/mol. The maximum Gasteiger partial charge on any atom is 0.337 e.